The lowest BCUT2D eigenvalue weighted by molar-refractivity contribution is -0.307. The van der Waals surface area contributed by atoms with Crippen molar-refractivity contribution in [1.29, 1.82) is 0 Å². The van der Waals surface area contributed by atoms with Crippen LogP contribution in [0.25, 0.3) is 0 Å². The third-order valence-electron chi connectivity index (χ3n) is 2.04. The van der Waals surface area contributed by atoms with E-state index in [1.165, 1.54) is 0 Å². The van der Waals surface area contributed by atoms with Gasteiger partial charge in [0.2, 0.25) is 0 Å². The van der Waals surface area contributed by atoms with E-state index in [-0.39, 0.29) is 12.3 Å². The van der Waals surface area contributed by atoms with Crippen LogP contribution in [0.3, 0.4) is 0 Å². The van der Waals surface area contributed by atoms with Gasteiger partial charge in [0.1, 0.15) is 24.1 Å². The van der Waals surface area contributed by atoms with Gasteiger partial charge in [-0.25, -0.2) is 5.26 Å². The number of aliphatic hydroxyl groups excluding tert-OH is 5. The first kappa shape index (κ1) is 21.0. The van der Waals surface area contributed by atoms with Gasteiger partial charge in [0.25, 0.3) is 0 Å². The second kappa shape index (κ2) is 11.5. The van der Waals surface area contributed by atoms with Crippen molar-refractivity contribution in [2.45, 2.75) is 30.8 Å². The van der Waals surface area contributed by atoms with Crippen LogP contribution in [0, 0.1) is 0 Å². The highest BCUT2D eigenvalue weighted by Crippen LogP contribution is 2.03. The summed E-state index contributed by atoms with van der Waals surface area (Å²) in [6.45, 7) is 2.11. The summed E-state index contributed by atoms with van der Waals surface area (Å²) >= 11 is 0. The Labute approximate surface area is 114 Å². The molecule has 120 valence electrons. The molecule has 10 heteroatoms. The largest absolute Gasteiger partial charge is 0.550 e. The Morgan fingerprint density at radius 1 is 1.20 bits per heavy atom. The molecule has 8 N–H and O–H groups in total. The summed E-state index contributed by atoms with van der Waals surface area (Å²) in [7, 11) is 0. The molecule has 0 heterocycles. The second-order valence-corrected chi connectivity index (χ2v) is 3.71. The fourth-order valence-corrected chi connectivity index (χ4v) is 0.896. The fourth-order valence-electron chi connectivity index (χ4n) is 0.896. The number of aliphatic carboxylic acids is 1. The predicted molar refractivity (Wildman–Crippen MR) is 62.6 cm³/mol. The Kier molecular flexibility index (Phi) is 12.1. The molecule has 0 aromatic heterocycles. The molecule has 4 unspecified atom stereocenters. The molecule has 10 nitrogen and oxygen atoms in total. The van der Waals surface area contributed by atoms with Crippen LogP contribution in [0.5, 0.6) is 0 Å². The van der Waals surface area contributed by atoms with E-state index in [4.69, 9.17) is 36.5 Å². The third-order valence-corrected chi connectivity index (χ3v) is 2.04. The van der Waals surface area contributed by atoms with Crippen LogP contribution in [0.2, 0.25) is 0 Å². The molecular weight excluding hydrogens is 278 g/mol. The highest BCUT2D eigenvalue weighted by Gasteiger charge is 2.28. The maximum Gasteiger partial charge on any atom is 0.140 e. The average Bonchev–Trinajstić information content (AvgIpc) is 2.43. The number of nitrogens with two attached hydrogens (primary N) is 1. The van der Waals surface area contributed by atoms with E-state index in [2.05, 4.69) is 11.5 Å². The maximum absolute atomic E-state index is 9.61. The highest BCUT2D eigenvalue weighted by atomic mass is 17.1. The number of rotatable bonds is 8. The van der Waals surface area contributed by atoms with E-state index >= 15 is 0 Å². The van der Waals surface area contributed by atoms with Gasteiger partial charge in [-0.1, -0.05) is 6.58 Å². The molecule has 0 rings (SSSR count). The number of carboxylic acids is 1. The highest BCUT2D eigenvalue weighted by molar-refractivity contribution is 5.66. The van der Waals surface area contributed by atoms with E-state index in [1.807, 2.05) is 0 Å². The number of hydrogen-bond acceptors (Lipinski definition) is 10. The number of carbonyl (C=O) groups excluding carboxylic acids is 1. The van der Waals surface area contributed by atoms with Crippen molar-refractivity contribution in [3.63, 3.8) is 0 Å². The van der Waals surface area contributed by atoms with Crippen LogP contribution in [0.4, 0.5) is 0 Å². The molecule has 0 saturated heterocycles. The Bertz CT molecular complexity index is 272. The lowest BCUT2D eigenvalue weighted by Gasteiger charge is -2.24. The third kappa shape index (κ3) is 9.63. The minimum Gasteiger partial charge on any atom is -0.550 e. The number of hydrogen-bond donors (Lipinski definition) is 7. The lowest BCUT2D eigenvalue weighted by atomic mass is 10.0. The van der Waals surface area contributed by atoms with Crippen molar-refractivity contribution < 1.29 is 45.6 Å². The summed E-state index contributed by atoms with van der Waals surface area (Å²) in [5, 5.41) is 61.5. The second-order valence-electron chi connectivity index (χ2n) is 3.71. The van der Waals surface area contributed by atoms with Crippen molar-refractivity contribution in [1.82, 2.24) is 0 Å². The zero-order chi connectivity index (χ0) is 16.3. The van der Waals surface area contributed by atoms with Gasteiger partial charge in [0, 0.05) is 18.9 Å². The first-order valence-electron chi connectivity index (χ1n) is 5.43. The molecule has 0 radical (unpaired) electrons. The molecule has 0 spiro atoms. The van der Waals surface area contributed by atoms with Gasteiger partial charge in [-0.15, -0.1) is 0 Å². The summed E-state index contributed by atoms with van der Waals surface area (Å²) in [5.41, 5.74) is 4.99. The summed E-state index contributed by atoms with van der Waals surface area (Å²) in [5.74, 6) is -1.56. The van der Waals surface area contributed by atoms with E-state index in [1.54, 1.807) is 0 Å². The molecular formula is C10H20NO9-. The van der Waals surface area contributed by atoms with Crippen molar-refractivity contribution in [3.05, 3.63) is 12.3 Å². The van der Waals surface area contributed by atoms with Crippen LogP contribution < -0.4 is 10.8 Å². The molecule has 0 bridgehead atoms. The zero-order valence-electron chi connectivity index (χ0n) is 10.6. The molecule has 0 aromatic rings. The van der Waals surface area contributed by atoms with E-state index in [0.717, 1.165) is 0 Å². The van der Waals surface area contributed by atoms with E-state index in [9.17, 15) is 9.90 Å². The quantitative estimate of drug-likeness (QED) is 0.130. The Hall–Kier alpha value is -1.27. The standard InChI is InChI=1S/C6H15NO5.C4H6O4/c7-1-3(9)5(11)6(12)4(10)2-8;1-3(8-7)2-4(5)6/h3-6,8-12H,1-2,7H2;7H,1-2H2,(H,5,6)/p-1. The predicted octanol–water partition coefficient (Wildman–Crippen LogP) is -4.49. The van der Waals surface area contributed by atoms with E-state index < -0.39 is 43.4 Å². The van der Waals surface area contributed by atoms with Gasteiger partial charge in [-0.05, 0) is 0 Å². The SMILES string of the molecule is C=C(CC(=O)[O-])OO.NCC(O)C(O)C(O)C(O)CO. The Morgan fingerprint density at radius 3 is 1.90 bits per heavy atom. The summed E-state index contributed by atoms with van der Waals surface area (Å²) in [6.07, 6.45) is -6.38. The molecule has 4 atom stereocenters. The van der Waals surface area contributed by atoms with Crippen LogP contribution >= 0.6 is 0 Å². The summed E-state index contributed by atoms with van der Waals surface area (Å²) in [4.78, 5) is 13.1. The average molecular weight is 298 g/mol. The van der Waals surface area contributed by atoms with Gasteiger partial charge in [0.05, 0.1) is 12.7 Å². The first-order chi connectivity index (χ1) is 9.20. The molecule has 0 aliphatic carbocycles. The summed E-state index contributed by atoms with van der Waals surface area (Å²) in [6, 6.07) is 0. The van der Waals surface area contributed by atoms with Gasteiger partial charge in [-0.2, -0.15) is 0 Å². The number of carbonyl (C=O) groups is 1. The minimum absolute atomic E-state index is 0.226. The fraction of sp³-hybridized carbons (Fsp3) is 0.700. The Balaban J connectivity index is 0. The monoisotopic (exact) mass is 298 g/mol. The van der Waals surface area contributed by atoms with Crippen LogP contribution in [-0.4, -0.2) is 74.3 Å². The van der Waals surface area contributed by atoms with Crippen LogP contribution in [0.15, 0.2) is 12.3 Å². The summed E-state index contributed by atoms with van der Waals surface area (Å²) < 4.78 is 0. The van der Waals surface area contributed by atoms with Crippen molar-refractivity contribution in [3.8, 4) is 0 Å². The van der Waals surface area contributed by atoms with Gasteiger partial charge in [-0.3, -0.25) is 0 Å². The van der Waals surface area contributed by atoms with Gasteiger partial charge in [0.15, 0.2) is 0 Å². The molecule has 0 fully saturated rings. The minimum atomic E-state index is -1.59. The molecule has 0 saturated carbocycles. The smallest absolute Gasteiger partial charge is 0.140 e. The molecule has 20 heavy (non-hydrogen) atoms. The van der Waals surface area contributed by atoms with Crippen LogP contribution in [-0.2, 0) is 9.68 Å². The maximum atomic E-state index is 9.61. The Morgan fingerprint density at radius 2 is 1.65 bits per heavy atom. The lowest BCUT2D eigenvalue weighted by Crippen LogP contribution is -2.48. The van der Waals surface area contributed by atoms with Gasteiger partial charge >= 0.3 is 0 Å². The zero-order valence-corrected chi connectivity index (χ0v) is 10.6. The first-order valence-corrected chi connectivity index (χ1v) is 5.43. The number of aliphatic hydroxyl groups is 5. The number of carboxylic acid groups (broad SMARTS) is 1. The molecule has 0 amide bonds. The van der Waals surface area contributed by atoms with Crippen molar-refractivity contribution >= 4 is 5.97 Å². The molecule has 0 aromatic carbocycles. The van der Waals surface area contributed by atoms with Crippen LogP contribution in [0.1, 0.15) is 6.42 Å². The molecule has 0 aliphatic rings. The van der Waals surface area contributed by atoms with Crippen molar-refractivity contribution in [2.75, 3.05) is 13.2 Å². The topological polar surface area (TPSA) is 197 Å². The van der Waals surface area contributed by atoms with Crippen molar-refractivity contribution in [2.24, 2.45) is 5.73 Å². The normalized spacial score (nSPS) is 16.1. The van der Waals surface area contributed by atoms with Gasteiger partial charge < -0.3 is 46.1 Å². The molecule has 0 aliphatic heterocycles. The van der Waals surface area contributed by atoms with E-state index in [0.29, 0.717) is 0 Å².